The summed E-state index contributed by atoms with van der Waals surface area (Å²) in [6, 6.07) is 6.63. The summed E-state index contributed by atoms with van der Waals surface area (Å²) in [6.45, 7) is 4.18. The number of benzene rings is 1. The second kappa shape index (κ2) is 4.45. The molecule has 1 aromatic carbocycles. The lowest BCUT2D eigenvalue weighted by Crippen LogP contribution is -2.20. The van der Waals surface area contributed by atoms with Crippen LogP contribution in [0.15, 0.2) is 28.5 Å². The lowest BCUT2D eigenvalue weighted by molar-refractivity contribution is 0.727. The Hall–Kier alpha value is -1.62. The highest BCUT2D eigenvalue weighted by atomic mass is 32.2. The summed E-state index contributed by atoms with van der Waals surface area (Å²) in [5.41, 5.74) is 5.49. The van der Waals surface area contributed by atoms with Crippen molar-refractivity contribution in [2.45, 2.75) is 43.5 Å². The summed E-state index contributed by atoms with van der Waals surface area (Å²) in [5, 5.41) is 14.4. The average molecular weight is 284 g/mol. The monoisotopic (exact) mass is 284 g/mol. The van der Waals surface area contributed by atoms with E-state index in [0.717, 1.165) is 23.8 Å². The third-order valence-corrected chi connectivity index (χ3v) is 5.13. The van der Waals surface area contributed by atoms with Gasteiger partial charge in [0.2, 0.25) is 5.16 Å². The third-order valence-electron chi connectivity index (χ3n) is 3.99. The maximum atomic E-state index is 4.80. The van der Waals surface area contributed by atoms with Gasteiger partial charge in [0, 0.05) is 5.56 Å². The molecule has 2 aliphatic rings. The molecule has 2 heterocycles. The number of fused-ring (bicyclic) bond motifs is 4. The Bertz CT molecular complexity index is 717. The van der Waals surface area contributed by atoms with Crippen molar-refractivity contribution in [1.82, 2.24) is 14.9 Å². The van der Waals surface area contributed by atoms with Gasteiger partial charge in [0.05, 0.1) is 11.0 Å². The molecule has 0 bridgehead atoms. The van der Waals surface area contributed by atoms with E-state index in [1.54, 1.807) is 11.8 Å². The standard InChI is InChI=1S/C15H16N4S/c1-3-5-10-6-4-7-11-12(10)8-13-14(11)18-19-9(2)16-17-15(19)20-13/h4,6-7,13H,3,5,8H2,1-2H3. The summed E-state index contributed by atoms with van der Waals surface area (Å²) in [4.78, 5) is 0. The minimum atomic E-state index is 0.402. The van der Waals surface area contributed by atoms with Crippen LogP contribution in [0.3, 0.4) is 0 Å². The van der Waals surface area contributed by atoms with Crippen molar-refractivity contribution >= 4 is 17.5 Å². The van der Waals surface area contributed by atoms with E-state index in [9.17, 15) is 0 Å². The van der Waals surface area contributed by atoms with Crippen LogP contribution >= 0.6 is 11.8 Å². The number of rotatable bonds is 2. The second-order valence-corrected chi connectivity index (χ2v) is 6.50. The van der Waals surface area contributed by atoms with E-state index in [0.29, 0.717) is 5.25 Å². The van der Waals surface area contributed by atoms with Gasteiger partial charge < -0.3 is 0 Å². The van der Waals surface area contributed by atoms with Gasteiger partial charge in [-0.15, -0.1) is 10.2 Å². The zero-order chi connectivity index (χ0) is 13.7. The maximum absolute atomic E-state index is 4.80. The van der Waals surface area contributed by atoms with Gasteiger partial charge in [0.1, 0.15) is 0 Å². The van der Waals surface area contributed by atoms with E-state index in [1.165, 1.54) is 28.8 Å². The molecule has 102 valence electrons. The molecule has 0 fully saturated rings. The van der Waals surface area contributed by atoms with Crippen molar-refractivity contribution in [3.05, 3.63) is 40.7 Å². The molecule has 1 aliphatic heterocycles. The summed E-state index contributed by atoms with van der Waals surface area (Å²) in [7, 11) is 0. The molecule has 0 saturated carbocycles. The Kier molecular flexibility index (Phi) is 2.70. The first-order valence-electron chi connectivity index (χ1n) is 7.06. The van der Waals surface area contributed by atoms with Crippen LogP contribution in [0.25, 0.3) is 0 Å². The molecule has 2 aromatic rings. The predicted molar refractivity (Wildman–Crippen MR) is 80.5 cm³/mol. The Morgan fingerprint density at radius 3 is 3.10 bits per heavy atom. The van der Waals surface area contributed by atoms with Crippen LogP contribution in [0.4, 0.5) is 0 Å². The molecule has 4 nitrogen and oxygen atoms in total. The molecule has 0 N–H and O–H groups in total. The van der Waals surface area contributed by atoms with Crippen molar-refractivity contribution < 1.29 is 0 Å². The molecule has 1 aromatic heterocycles. The SMILES string of the molecule is CCCc1cccc2c1CC1Sc3nnc(C)n3N=C21. The molecular formula is C15H16N4S. The number of thioether (sulfide) groups is 1. The fourth-order valence-electron chi connectivity index (χ4n) is 3.05. The van der Waals surface area contributed by atoms with Gasteiger partial charge in [-0.25, -0.2) is 0 Å². The fourth-order valence-corrected chi connectivity index (χ4v) is 4.20. The minimum Gasteiger partial charge on any atom is -0.191 e. The molecule has 0 saturated heterocycles. The van der Waals surface area contributed by atoms with Crippen LogP contribution in [0.2, 0.25) is 0 Å². The van der Waals surface area contributed by atoms with Crippen LogP contribution < -0.4 is 0 Å². The zero-order valence-electron chi connectivity index (χ0n) is 11.6. The highest BCUT2D eigenvalue weighted by molar-refractivity contribution is 8.00. The quantitative estimate of drug-likeness (QED) is 0.851. The molecule has 4 rings (SSSR count). The lowest BCUT2D eigenvalue weighted by Gasteiger charge is -2.16. The maximum Gasteiger partial charge on any atom is 0.212 e. The second-order valence-electron chi connectivity index (χ2n) is 5.33. The topological polar surface area (TPSA) is 43.1 Å². The van der Waals surface area contributed by atoms with E-state index in [-0.39, 0.29) is 0 Å². The van der Waals surface area contributed by atoms with E-state index in [2.05, 4.69) is 35.3 Å². The van der Waals surface area contributed by atoms with Crippen molar-refractivity contribution in [1.29, 1.82) is 0 Å². The van der Waals surface area contributed by atoms with E-state index < -0.39 is 0 Å². The van der Waals surface area contributed by atoms with Crippen LogP contribution in [-0.4, -0.2) is 25.8 Å². The Morgan fingerprint density at radius 2 is 2.25 bits per heavy atom. The van der Waals surface area contributed by atoms with Crippen molar-refractivity contribution in [2.75, 3.05) is 0 Å². The van der Waals surface area contributed by atoms with Crippen molar-refractivity contribution in [3.8, 4) is 0 Å². The molecule has 20 heavy (non-hydrogen) atoms. The molecule has 1 aliphatic carbocycles. The number of aromatic nitrogens is 3. The molecule has 1 atom stereocenters. The van der Waals surface area contributed by atoms with Gasteiger partial charge in [-0.1, -0.05) is 43.3 Å². The van der Waals surface area contributed by atoms with Gasteiger partial charge in [0.15, 0.2) is 5.82 Å². The van der Waals surface area contributed by atoms with Crippen molar-refractivity contribution in [3.63, 3.8) is 0 Å². The number of hydrogen-bond acceptors (Lipinski definition) is 4. The van der Waals surface area contributed by atoms with Crippen LogP contribution in [0.5, 0.6) is 0 Å². The first-order chi connectivity index (χ1) is 9.78. The number of nitrogens with zero attached hydrogens (tertiary/aromatic N) is 4. The number of hydrogen-bond donors (Lipinski definition) is 0. The largest absolute Gasteiger partial charge is 0.212 e. The van der Waals surface area contributed by atoms with Gasteiger partial charge in [0.25, 0.3) is 0 Å². The Balaban J connectivity index is 1.85. The molecule has 0 amide bonds. The lowest BCUT2D eigenvalue weighted by atomic mass is 10.00. The van der Waals surface area contributed by atoms with E-state index in [4.69, 9.17) is 5.10 Å². The van der Waals surface area contributed by atoms with Gasteiger partial charge in [-0.2, -0.15) is 9.78 Å². The molecule has 5 heteroatoms. The summed E-state index contributed by atoms with van der Waals surface area (Å²) < 4.78 is 1.87. The fraction of sp³-hybridized carbons (Fsp3) is 0.400. The predicted octanol–water partition coefficient (Wildman–Crippen LogP) is 2.82. The number of aryl methyl sites for hydroxylation is 2. The first kappa shape index (κ1) is 12.1. The van der Waals surface area contributed by atoms with Crippen LogP contribution in [0, 0.1) is 6.92 Å². The van der Waals surface area contributed by atoms with Crippen LogP contribution in [0.1, 0.15) is 35.9 Å². The van der Waals surface area contributed by atoms with Gasteiger partial charge >= 0.3 is 0 Å². The molecule has 1 unspecified atom stereocenters. The minimum absolute atomic E-state index is 0.402. The Morgan fingerprint density at radius 1 is 1.35 bits per heavy atom. The third kappa shape index (κ3) is 1.66. The smallest absolute Gasteiger partial charge is 0.191 e. The zero-order valence-corrected chi connectivity index (χ0v) is 12.4. The van der Waals surface area contributed by atoms with E-state index in [1.807, 2.05) is 11.6 Å². The summed E-state index contributed by atoms with van der Waals surface area (Å²) >= 11 is 1.79. The summed E-state index contributed by atoms with van der Waals surface area (Å²) in [5.74, 6) is 0.858. The molecular weight excluding hydrogens is 268 g/mol. The first-order valence-corrected chi connectivity index (χ1v) is 7.94. The van der Waals surface area contributed by atoms with Crippen molar-refractivity contribution in [2.24, 2.45) is 5.10 Å². The van der Waals surface area contributed by atoms with Crippen LogP contribution in [-0.2, 0) is 12.8 Å². The normalized spacial score (nSPS) is 19.3. The van der Waals surface area contributed by atoms with Gasteiger partial charge in [-0.3, -0.25) is 0 Å². The van der Waals surface area contributed by atoms with E-state index >= 15 is 0 Å². The Labute approximate surface area is 122 Å². The average Bonchev–Trinajstić information content (AvgIpc) is 2.99. The van der Waals surface area contributed by atoms with Gasteiger partial charge in [-0.05, 0) is 30.9 Å². The summed E-state index contributed by atoms with van der Waals surface area (Å²) in [6.07, 6.45) is 3.41. The molecule has 0 spiro atoms. The highest BCUT2D eigenvalue weighted by Gasteiger charge is 2.35. The molecule has 0 radical (unpaired) electrons. The highest BCUT2D eigenvalue weighted by Crippen LogP contribution is 2.39.